The van der Waals surface area contributed by atoms with E-state index < -0.39 is 10.8 Å². The van der Waals surface area contributed by atoms with E-state index in [0.717, 1.165) is 6.42 Å². The molecule has 0 bridgehead atoms. The molecule has 6 heteroatoms. The lowest BCUT2D eigenvalue weighted by Crippen LogP contribution is -2.29. The van der Waals surface area contributed by atoms with Crippen LogP contribution in [0, 0.1) is 0 Å². The smallest absolute Gasteiger partial charge is 0.223 e. The number of benzene rings is 1. The number of rotatable bonds is 7. The first-order valence-corrected chi connectivity index (χ1v) is 7.82. The Hall–Kier alpha value is -0.910. The van der Waals surface area contributed by atoms with Crippen molar-refractivity contribution < 1.29 is 9.00 Å². The lowest BCUT2D eigenvalue weighted by atomic mass is 10.3. The standard InChI is InChI=1S/C13H19ClN2O2S/c1-16(8-3-7-15)13(17)6-9-19(18)12-5-2-4-11(14)10-12/h2,4-5,10H,3,6-9,15H2,1H3. The highest BCUT2D eigenvalue weighted by molar-refractivity contribution is 7.85. The van der Waals surface area contributed by atoms with Gasteiger partial charge in [0.05, 0.1) is 10.8 Å². The summed E-state index contributed by atoms with van der Waals surface area (Å²) in [5.74, 6) is 0.301. The van der Waals surface area contributed by atoms with E-state index in [-0.39, 0.29) is 12.3 Å². The molecular formula is C13H19ClN2O2S. The van der Waals surface area contributed by atoms with Crippen LogP contribution in [0.3, 0.4) is 0 Å². The predicted octanol–water partition coefficient (Wildman–Crippen LogP) is 1.64. The minimum absolute atomic E-state index is 0.0103. The highest BCUT2D eigenvalue weighted by Gasteiger charge is 2.11. The molecule has 1 aromatic carbocycles. The number of halogens is 1. The van der Waals surface area contributed by atoms with Crippen LogP contribution in [0.4, 0.5) is 0 Å². The molecule has 0 aromatic heterocycles. The van der Waals surface area contributed by atoms with Crippen LogP contribution in [0.25, 0.3) is 0 Å². The first-order valence-electron chi connectivity index (χ1n) is 6.12. The SMILES string of the molecule is CN(CCCN)C(=O)CCS(=O)c1cccc(Cl)c1. The summed E-state index contributed by atoms with van der Waals surface area (Å²) in [6, 6.07) is 6.91. The van der Waals surface area contributed by atoms with Gasteiger partial charge in [-0.1, -0.05) is 17.7 Å². The molecule has 0 saturated carbocycles. The second-order valence-electron chi connectivity index (χ2n) is 4.21. The zero-order valence-electron chi connectivity index (χ0n) is 11.0. The molecule has 1 rings (SSSR count). The van der Waals surface area contributed by atoms with Gasteiger partial charge in [-0.25, -0.2) is 0 Å². The Balaban J connectivity index is 2.44. The van der Waals surface area contributed by atoms with E-state index in [0.29, 0.717) is 28.8 Å². The highest BCUT2D eigenvalue weighted by atomic mass is 35.5. The Labute approximate surface area is 121 Å². The van der Waals surface area contributed by atoms with E-state index in [1.54, 1.807) is 36.2 Å². The van der Waals surface area contributed by atoms with Gasteiger partial charge in [0.1, 0.15) is 0 Å². The van der Waals surface area contributed by atoms with Gasteiger partial charge in [-0.15, -0.1) is 0 Å². The van der Waals surface area contributed by atoms with E-state index in [1.807, 2.05) is 0 Å². The molecule has 0 aliphatic rings. The Morgan fingerprint density at radius 1 is 1.47 bits per heavy atom. The minimum Gasteiger partial charge on any atom is -0.346 e. The van der Waals surface area contributed by atoms with Gasteiger partial charge < -0.3 is 10.6 Å². The number of hydrogen-bond acceptors (Lipinski definition) is 3. The topological polar surface area (TPSA) is 63.4 Å². The van der Waals surface area contributed by atoms with Crippen LogP contribution in [-0.2, 0) is 15.6 Å². The van der Waals surface area contributed by atoms with Crippen molar-refractivity contribution in [2.45, 2.75) is 17.7 Å². The average molecular weight is 303 g/mol. The van der Waals surface area contributed by atoms with Crippen LogP contribution < -0.4 is 5.73 Å². The fraction of sp³-hybridized carbons (Fsp3) is 0.462. The molecule has 4 nitrogen and oxygen atoms in total. The van der Waals surface area contributed by atoms with Gasteiger partial charge in [0.15, 0.2) is 0 Å². The van der Waals surface area contributed by atoms with Crippen molar-refractivity contribution in [1.82, 2.24) is 4.90 Å². The lowest BCUT2D eigenvalue weighted by molar-refractivity contribution is -0.129. The molecule has 2 N–H and O–H groups in total. The quantitative estimate of drug-likeness (QED) is 0.833. The molecule has 0 aliphatic carbocycles. The van der Waals surface area contributed by atoms with Crippen LogP contribution in [0.2, 0.25) is 5.02 Å². The number of carbonyl (C=O) groups is 1. The van der Waals surface area contributed by atoms with Gasteiger partial charge in [0.2, 0.25) is 5.91 Å². The van der Waals surface area contributed by atoms with Gasteiger partial charge in [0.25, 0.3) is 0 Å². The monoisotopic (exact) mass is 302 g/mol. The van der Waals surface area contributed by atoms with Crippen LogP contribution in [0.15, 0.2) is 29.2 Å². The first-order chi connectivity index (χ1) is 9.04. The second kappa shape index (κ2) is 8.30. The van der Waals surface area contributed by atoms with Crippen molar-refractivity contribution in [2.75, 3.05) is 25.9 Å². The molecule has 0 aliphatic heterocycles. The van der Waals surface area contributed by atoms with E-state index in [4.69, 9.17) is 17.3 Å². The maximum atomic E-state index is 12.0. The fourth-order valence-electron chi connectivity index (χ4n) is 1.55. The third-order valence-electron chi connectivity index (χ3n) is 2.68. The van der Waals surface area contributed by atoms with Gasteiger partial charge in [-0.3, -0.25) is 9.00 Å². The highest BCUT2D eigenvalue weighted by Crippen LogP contribution is 2.14. The van der Waals surface area contributed by atoms with E-state index in [1.165, 1.54) is 0 Å². The zero-order valence-corrected chi connectivity index (χ0v) is 12.5. The molecule has 106 valence electrons. The molecule has 1 amide bonds. The normalized spacial score (nSPS) is 12.2. The molecule has 1 atom stereocenters. The predicted molar refractivity (Wildman–Crippen MR) is 78.7 cm³/mol. The van der Waals surface area contributed by atoms with Crippen molar-refractivity contribution in [3.05, 3.63) is 29.3 Å². The summed E-state index contributed by atoms with van der Waals surface area (Å²) >= 11 is 5.84. The molecule has 0 saturated heterocycles. The molecular weight excluding hydrogens is 284 g/mol. The summed E-state index contributed by atoms with van der Waals surface area (Å²) in [6.45, 7) is 1.20. The maximum absolute atomic E-state index is 12.0. The minimum atomic E-state index is -1.19. The van der Waals surface area contributed by atoms with E-state index in [2.05, 4.69) is 0 Å². The van der Waals surface area contributed by atoms with Crippen molar-refractivity contribution in [3.8, 4) is 0 Å². The fourth-order valence-corrected chi connectivity index (χ4v) is 2.89. The number of carbonyl (C=O) groups excluding carboxylic acids is 1. The van der Waals surface area contributed by atoms with Crippen LogP contribution in [0.5, 0.6) is 0 Å². The summed E-state index contributed by atoms with van der Waals surface area (Å²) in [4.78, 5) is 14.1. The van der Waals surface area contributed by atoms with Crippen molar-refractivity contribution in [3.63, 3.8) is 0 Å². The third-order valence-corrected chi connectivity index (χ3v) is 4.27. The Bertz CT molecular complexity index is 454. The molecule has 0 radical (unpaired) electrons. The number of nitrogens with two attached hydrogens (primary N) is 1. The summed E-state index contributed by atoms with van der Waals surface area (Å²) in [6.07, 6.45) is 1.04. The summed E-state index contributed by atoms with van der Waals surface area (Å²) in [5, 5.41) is 0.553. The average Bonchev–Trinajstić information content (AvgIpc) is 2.41. The summed E-state index contributed by atoms with van der Waals surface area (Å²) in [7, 11) is 0.543. The van der Waals surface area contributed by atoms with Gasteiger partial charge >= 0.3 is 0 Å². The number of amides is 1. The second-order valence-corrected chi connectivity index (χ2v) is 6.22. The molecule has 0 fully saturated rings. The molecule has 1 unspecified atom stereocenters. The van der Waals surface area contributed by atoms with Crippen LogP contribution in [0.1, 0.15) is 12.8 Å². The van der Waals surface area contributed by atoms with Gasteiger partial charge in [-0.05, 0) is 31.2 Å². The van der Waals surface area contributed by atoms with Crippen molar-refractivity contribution in [1.29, 1.82) is 0 Å². The van der Waals surface area contributed by atoms with Crippen LogP contribution >= 0.6 is 11.6 Å². The Morgan fingerprint density at radius 3 is 2.84 bits per heavy atom. The summed E-state index contributed by atoms with van der Waals surface area (Å²) < 4.78 is 12.0. The lowest BCUT2D eigenvalue weighted by Gasteiger charge is -2.16. The molecule has 19 heavy (non-hydrogen) atoms. The largest absolute Gasteiger partial charge is 0.346 e. The number of nitrogens with zero attached hydrogens (tertiary/aromatic N) is 1. The molecule has 0 heterocycles. The maximum Gasteiger partial charge on any atom is 0.223 e. The van der Waals surface area contributed by atoms with E-state index in [9.17, 15) is 9.00 Å². The molecule has 1 aromatic rings. The Morgan fingerprint density at radius 2 is 2.21 bits per heavy atom. The first kappa shape index (κ1) is 16.1. The third kappa shape index (κ3) is 5.72. The zero-order chi connectivity index (χ0) is 14.3. The van der Waals surface area contributed by atoms with Crippen molar-refractivity contribution in [2.24, 2.45) is 5.73 Å². The Kier molecular flexibility index (Phi) is 7.05. The van der Waals surface area contributed by atoms with Crippen molar-refractivity contribution >= 4 is 28.3 Å². The summed E-state index contributed by atoms with van der Waals surface area (Å²) in [5.41, 5.74) is 5.39. The van der Waals surface area contributed by atoms with Gasteiger partial charge in [0, 0.05) is 35.7 Å². The van der Waals surface area contributed by atoms with Crippen LogP contribution in [-0.4, -0.2) is 40.9 Å². The van der Waals surface area contributed by atoms with Gasteiger partial charge in [-0.2, -0.15) is 0 Å². The number of hydrogen-bond donors (Lipinski definition) is 1. The molecule has 0 spiro atoms. The van der Waals surface area contributed by atoms with E-state index >= 15 is 0 Å².